The smallest absolute Gasteiger partial charge is 0.426 e. The van der Waals surface area contributed by atoms with Gasteiger partial charge in [0.25, 0.3) is 6.10 Å². The standard InChI is InChI=1S/C13H16F6N2O2/c1-3-9(2)8-20-4-6-21(7-5-20)11(22)23-10(12(14,15)16)13(17,18)19/h3,10H,1-2,4-8H2. The highest BCUT2D eigenvalue weighted by Gasteiger charge is 2.60. The lowest BCUT2D eigenvalue weighted by molar-refractivity contribution is -0.308. The molecule has 0 aromatic heterocycles. The second kappa shape index (κ2) is 7.24. The molecule has 0 bridgehead atoms. The van der Waals surface area contributed by atoms with Crippen LogP contribution in [0.15, 0.2) is 24.8 Å². The van der Waals surface area contributed by atoms with Crippen molar-refractivity contribution in [1.82, 2.24) is 9.80 Å². The molecule has 1 saturated heterocycles. The van der Waals surface area contributed by atoms with Crippen molar-refractivity contribution in [2.45, 2.75) is 18.5 Å². The van der Waals surface area contributed by atoms with Crippen LogP contribution in [0.3, 0.4) is 0 Å². The number of halogens is 6. The Kier molecular flexibility index (Phi) is 6.09. The first kappa shape index (κ1) is 19.3. The zero-order valence-electron chi connectivity index (χ0n) is 12.1. The maximum absolute atomic E-state index is 12.3. The highest BCUT2D eigenvalue weighted by molar-refractivity contribution is 5.68. The van der Waals surface area contributed by atoms with E-state index in [0.717, 1.165) is 10.5 Å². The molecule has 0 saturated carbocycles. The molecule has 1 heterocycles. The van der Waals surface area contributed by atoms with Crippen LogP contribution in [0.5, 0.6) is 0 Å². The molecule has 0 spiro atoms. The van der Waals surface area contributed by atoms with E-state index in [0.29, 0.717) is 6.54 Å². The van der Waals surface area contributed by atoms with Gasteiger partial charge in [0.15, 0.2) is 0 Å². The molecule has 0 radical (unpaired) electrons. The van der Waals surface area contributed by atoms with Crippen LogP contribution >= 0.6 is 0 Å². The first-order valence-electron chi connectivity index (χ1n) is 6.56. The second-order valence-electron chi connectivity index (χ2n) is 4.97. The molecular formula is C13H16F6N2O2. The number of alkyl halides is 6. The van der Waals surface area contributed by atoms with Crippen LogP contribution in [-0.4, -0.2) is 67.1 Å². The van der Waals surface area contributed by atoms with Crippen molar-refractivity contribution < 1.29 is 35.9 Å². The third kappa shape index (κ3) is 5.77. The van der Waals surface area contributed by atoms with Gasteiger partial charge in [0.2, 0.25) is 0 Å². The first-order chi connectivity index (χ1) is 10.4. The van der Waals surface area contributed by atoms with Gasteiger partial charge < -0.3 is 9.64 Å². The van der Waals surface area contributed by atoms with E-state index >= 15 is 0 Å². The number of carbonyl (C=O) groups excluding carboxylic acids is 1. The molecule has 132 valence electrons. The lowest BCUT2D eigenvalue weighted by atomic mass is 10.2. The van der Waals surface area contributed by atoms with E-state index in [4.69, 9.17) is 0 Å². The SMILES string of the molecule is C=CC(=C)CN1CCN(C(=O)OC(C(F)(F)F)C(F)(F)F)CC1. The van der Waals surface area contributed by atoms with Crippen LogP contribution in [0.1, 0.15) is 0 Å². The Morgan fingerprint density at radius 1 is 1.09 bits per heavy atom. The predicted octanol–water partition coefficient (Wildman–Crippen LogP) is 2.98. The minimum atomic E-state index is -5.71. The van der Waals surface area contributed by atoms with Gasteiger partial charge in [-0.1, -0.05) is 19.2 Å². The molecule has 1 amide bonds. The molecule has 0 N–H and O–H groups in total. The lowest BCUT2D eigenvalue weighted by Crippen LogP contribution is -2.52. The van der Waals surface area contributed by atoms with Crippen LogP contribution in [-0.2, 0) is 4.74 Å². The van der Waals surface area contributed by atoms with Gasteiger partial charge in [0.1, 0.15) is 0 Å². The molecular weight excluding hydrogens is 330 g/mol. The normalized spacial score (nSPS) is 17.3. The molecule has 0 aliphatic carbocycles. The molecule has 1 rings (SSSR count). The summed E-state index contributed by atoms with van der Waals surface area (Å²) in [5, 5.41) is 0. The van der Waals surface area contributed by atoms with Crippen LogP contribution in [0, 0.1) is 0 Å². The van der Waals surface area contributed by atoms with Crippen LogP contribution in [0.4, 0.5) is 31.1 Å². The van der Waals surface area contributed by atoms with Crippen LogP contribution in [0.2, 0.25) is 0 Å². The van der Waals surface area contributed by atoms with Crippen molar-refractivity contribution in [3.05, 3.63) is 24.8 Å². The van der Waals surface area contributed by atoms with E-state index in [1.165, 1.54) is 6.08 Å². The van der Waals surface area contributed by atoms with Gasteiger partial charge in [-0.05, 0) is 5.57 Å². The Morgan fingerprint density at radius 3 is 1.96 bits per heavy atom. The fourth-order valence-corrected chi connectivity index (χ4v) is 1.93. The van der Waals surface area contributed by atoms with E-state index in [2.05, 4.69) is 17.9 Å². The third-order valence-electron chi connectivity index (χ3n) is 3.16. The van der Waals surface area contributed by atoms with Crippen molar-refractivity contribution in [3.8, 4) is 0 Å². The topological polar surface area (TPSA) is 32.8 Å². The summed E-state index contributed by atoms with van der Waals surface area (Å²) in [5.41, 5.74) is 0.718. The minimum absolute atomic E-state index is 0.0360. The van der Waals surface area contributed by atoms with Crippen molar-refractivity contribution in [2.24, 2.45) is 0 Å². The summed E-state index contributed by atoms with van der Waals surface area (Å²) >= 11 is 0. The molecule has 23 heavy (non-hydrogen) atoms. The van der Waals surface area contributed by atoms with Gasteiger partial charge in [0, 0.05) is 32.7 Å². The number of amides is 1. The van der Waals surface area contributed by atoms with Gasteiger partial charge >= 0.3 is 18.4 Å². The number of carbonyl (C=O) groups is 1. The maximum Gasteiger partial charge on any atom is 0.434 e. The molecule has 0 atom stereocenters. The average Bonchev–Trinajstić information content (AvgIpc) is 2.42. The van der Waals surface area contributed by atoms with E-state index in [1.807, 2.05) is 4.90 Å². The van der Waals surface area contributed by atoms with E-state index in [-0.39, 0.29) is 26.2 Å². The Bertz CT molecular complexity index is 438. The summed E-state index contributed by atoms with van der Waals surface area (Å²) in [5.74, 6) is 0. The molecule has 4 nitrogen and oxygen atoms in total. The summed E-state index contributed by atoms with van der Waals surface area (Å²) in [4.78, 5) is 14.2. The summed E-state index contributed by atoms with van der Waals surface area (Å²) in [6.07, 6.45) is -15.6. The molecule has 10 heteroatoms. The van der Waals surface area contributed by atoms with Crippen molar-refractivity contribution in [3.63, 3.8) is 0 Å². The Labute approximate surface area is 129 Å². The summed E-state index contributed by atoms with van der Waals surface area (Å²) in [6.45, 7) is 8.18. The van der Waals surface area contributed by atoms with E-state index < -0.39 is 24.5 Å². The quantitative estimate of drug-likeness (QED) is 0.580. The number of nitrogens with zero attached hydrogens (tertiary/aromatic N) is 2. The molecule has 1 aliphatic heterocycles. The number of hydrogen-bond donors (Lipinski definition) is 0. The number of hydrogen-bond acceptors (Lipinski definition) is 3. The Balaban J connectivity index is 2.59. The van der Waals surface area contributed by atoms with Crippen LogP contribution in [0.25, 0.3) is 0 Å². The fraction of sp³-hybridized carbons (Fsp3) is 0.615. The number of piperazine rings is 1. The fourth-order valence-electron chi connectivity index (χ4n) is 1.93. The Morgan fingerprint density at radius 2 is 1.57 bits per heavy atom. The first-order valence-corrected chi connectivity index (χ1v) is 6.56. The highest BCUT2D eigenvalue weighted by atomic mass is 19.4. The van der Waals surface area contributed by atoms with Gasteiger partial charge in [-0.25, -0.2) is 4.79 Å². The van der Waals surface area contributed by atoms with E-state index in [9.17, 15) is 31.1 Å². The lowest BCUT2D eigenvalue weighted by Gasteiger charge is -2.35. The number of ether oxygens (including phenoxy) is 1. The summed E-state index contributed by atoms with van der Waals surface area (Å²) < 4.78 is 77.7. The minimum Gasteiger partial charge on any atom is -0.426 e. The molecule has 0 aromatic carbocycles. The molecule has 0 aromatic rings. The zero-order chi connectivity index (χ0) is 17.8. The van der Waals surface area contributed by atoms with Crippen molar-refractivity contribution in [2.75, 3.05) is 32.7 Å². The van der Waals surface area contributed by atoms with Gasteiger partial charge in [-0.15, -0.1) is 0 Å². The van der Waals surface area contributed by atoms with Crippen molar-refractivity contribution >= 4 is 6.09 Å². The van der Waals surface area contributed by atoms with Crippen molar-refractivity contribution in [1.29, 1.82) is 0 Å². The van der Waals surface area contributed by atoms with Gasteiger partial charge in [-0.3, -0.25) is 4.90 Å². The van der Waals surface area contributed by atoms with E-state index in [1.54, 1.807) is 0 Å². The zero-order valence-corrected chi connectivity index (χ0v) is 12.1. The number of rotatable bonds is 4. The second-order valence-corrected chi connectivity index (χ2v) is 4.97. The molecule has 1 aliphatic rings. The summed E-state index contributed by atoms with van der Waals surface area (Å²) in [7, 11) is 0. The van der Waals surface area contributed by atoms with Gasteiger partial charge in [0.05, 0.1) is 0 Å². The highest BCUT2D eigenvalue weighted by Crippen LogP contribution is 2.36. The average molecular weight is 346 g/mol. The largest absolute Gasteiger partial charge is 0.434 e. The Hall–Kier alpha value is -1.71. The molecule has 1 fully saturated rings. The summed E-state index contributed by atoms with van der Waals surface area (Å²) in [6, 6.07) is 0. The third-order valence-corrected chi connectivity index (χ3v) is 3.16. The van der Waals surface area contributed by atoms with Crippen LogP contribution < -0.4 is 0 Å². The monoisotopic (exact) mass is 346 g/mol. The maximum atomic E-state index is 12.3. The van der Waals surface area contributed by atoms with Gasteiger partial charge in [-0.2, -0.15) is 26.3 Å². The predicted molar refractivity (Wildman–Crippen MR) is 69.7 cm³/mol. The molecule has 0 unspecified atom stereocenters.